The number of carboxylic acid groups (broad SMARTS) is 1. The first kappa shape index (κ1) is 19.0. The number of carboxylic acids is 1. The van der Waals surface area contributed by atoms with E-state index in [-0.39, 0.29) is 6.42 Å². The number of hydrogen-bond acceptors (Lipinski definition) is 2. The van der Waals surface area contributed by atoms with Gasteiger partial charge in [0.05, 0.1) is 0 Å². The Balaban J connectivity index is 1.73. The molecule has 0 saturated heterocycles. The third kappa shape index (κ3) is 3.93. The van der Waals surface area contributed by atoms with Gasteiger partial charge in [-0.1, -0.05) is 60.1 Å². The summed E-state index contributed by atoms with van der Waals surface area (Å²) < 4.78 is 0. The van der Waals surface area contributed by atoms with Crippen molar-refractivity contribution in [3.63, 3.8) is 0 Å². The third-order valence-electron chi connectivity index (χ3n) is 5.00. The first-order chi connectivity index (χ1) is 14.0. The number of carbonyl (C=O) groups excluding carboxylic acids is 1. The fourth-order valence-electron chi connectivity index (χ4n) is 3.57. The van der Waals surface area contributed by atoms with Crippen LogP contribution in [0.3, 0.4) is 0 Å². The molecule has 144 valence electrons. The topological polar surface area (TPSA) is 66.4 Å². The molecule has 4 rings (SSSR count). The lowest BCUT2D eigenvalue weighted by molar-refractivity contribution is -0.139. The van der Waals surface area contributed by atoms with Crippen molar-refractivity contribution in [3.05, 3.63) is 95.0 Å². The van der Waals surface area contributed by atoms with E-state index in [0.29, 0.717) is 10.6 Å². The molecule has 0 bridgehead atoms. The zero-order valence-electron chi connectivity index (χ0n) is 15.4. The van der Waals surface area contributed by atoms with Crippen LogP contribution >= 0.6 is 11.6 Å². The maximum Gasteiger partial charge on any atom is 0.326 e. The van der Waals surface area contributed by atoms with Gasteiger partial charge in [-0.3, -0.25) is 4.79 Å². The number of amides is 1. The second-order valence-corrected chi connectivity index (χ2v) is 7.31. The summed E-state index contributed by atoms with van der Waals surface area (Å²) in [6.07, 6.45) is 0.177. The van der Waals surface area contributed by atoms with E-state index in [0.717, 1.165) is 27.1 Å². The van der Waals surface area contributed by atoms with Crippen molar-refractivity contribution < 1.29 is 14.7 Å². The van der Waals surface area contributed by atoms with Gasteiger partial charge in [0.25, 0.3) is 5.91 Å². The van der Waals surface area contributed by atoms with Crippen LogP contribution in [-0.2, 0) is 11.2 Å². The highest BCUT2D eigenvalue weighted by atomic mass is 35.5. The van der Waals surface area contributed by atoms with Crippen molar-refractivity contribution in [3.8, 4) is 0 Å². The van der Waals surface area contributed by atoms with Gasteiger partial charge in [-0.25, -0.2) is 4.79 Å². The molecule has 0 aromatic heterocycles. The van der Waals surface area contributed by atoms with E-state index < -0.39 is 17.9 Å². The number of hydrogen-bond donors (Lipinski definition) is 2. The molecular formula is C24H18ClNO3. The fraction of sp³-hybridized carbons (Fsp3) is 0.0833. The Bertz CT molecular complexity index is 1160. The molecule has 1 atom stereocenters. The number of fused-ring (bicyclic) bond motifs is 2. The van der Waals surface area contributed by atoms with Gasteiger partial charge in [0.1, 0.15) is 6.04 Å². The van der Waals surface area contributed by atoms with Crippen molar-refractivity contribution in [2.75, 3.05) is 0 Å². The minimum Gasteiger partial charge on any atom is -0.480 e. The molecule has 0 heterocycles. The van der Waals surface area contributed by atoms with Crippen LogP contribution in [0.15, 0.2) is 78.9 Å². The smallest absolute Gasteiger partial charge is 0.326 e. The predicted octanol–water partition coefficient (Wildman–Crippen LogP) is 5.07. The first-order valence-electron chi connectivity index (χ1n) is 9.21. The summed E-state index contributed by atoms with van der Waals surface area (Å²) in [7, 11) is 0. The molecule has 0 spiro atoms. The monoisotopic (exact) mass is 403 g/mol. The second-order valence-electron chi connectivity index (χ2n) is 6.87. The quantitative estimate of drug-likeness (QED) is 0.457. The second kappa shape index (κ2) is 7.94. The molecule has 4 aromatic rings. The number of aliphatic carboxylic acids is 1. The molecule has 0 saturated carbocycles. The van der Waals surface area contributed by atoms with Gasteiger partial charge in [-0.2, -0.15) is 0 Å². The third-order valence-corrected chi connectivity index (χ3v) is 5.25. The van der Waals surface area contributed by atoms with Gasteiger partial charge in [0.2, 0.25) is 0 Å². The fourth-order valence-corrected chi connectivity index (χ4v) is 3.70. The van der Waals surface area contributed by atoms with E-state index in [1.165, 1.54) is 0 Å². The van der Waals surface area contributed by atoms with Gasteiger partial charge in [-0.05, 0) is 57.4 Å². The normalized spacial score (nSPS) is 12.0. The number of halogens is 1. The number of carbonyl (C=O) groups is 2. The Morgan fingerprint density at radius 3 is 1.97 bits per heavy atom. The van der Waals surface area contributed by atoms with Crippen molar-refractivity contribution in [2.45, 2.75) is 12.5 Å². The lowest BCUT2D eigenvalue weighted by Gasteiger charge is -2.18. The molecule has 0 aliphatic carbocycles. The molecule has 0 fully saturated rings. The molecule has 4 aromatic carbocycles. The Morgan fingerprint density at radius 2 is 1.41 bits per heavy atom. The van der Waals surface area contributed by atoms with Crippen LogP contribution in [0.25, 0.3) is 21.5 Å². The van der Waals surface area contributed by atoms with Crippen LogP contribution in [0, 0.1) is 0 Å². The summed E-state index contributed by atoms with van der Waals surface area (Å²) in [5, 5.41) is 17.0. The first-order valence-corrected chi connectivity index (χ1v) is 9.59. The van der Waals surface area contributed by atoms with Crippen LogP contribution < -0.4 is 5.32 Å². The van der Waals surface area contributed by atoms with E-state index in [4.69, 9.17) is 11.6 Å². The Labute approximate surface area is 172 Å². The van der Waals surface area contributed by atoms with Crippen molar-refractivity contribution >= 4 is 45.0 Å². The molecule has 1 amide bonds. The van der Waals surface area contributed by atoms with Gasteiger partial charge in [0.15, 0.2) is 0 Å². The summed E-state index contributed by atoms with van der Waals surface area (Å²) in [5.41, 5.74) is 1.27. The van der Waals surface area contributed by atoms with Gasteiger partial charge < -0.3 is 10.4 Å². The summed E-state index contributed by atoms with van der Waals surface area (Å²) >= 11 is 5.87. The van der Waals surface area contributed by atoms with E-state index in [9.17, 15) is 14.7 Å². The van der Waals surface area contributed by atoms with Crippen LogP contribution in [0.2, 0.25) is 5.02 Å². The SMILES string of the molecule is O=C(N[C@@H](Cc1c2ccccc2cc2ccccc12)C(=O)O)c1ccc(Cl)cc1. The summed E-state index contributed by atoms with van der Waals surface area (Å²) in [6.45, 7) is 0. The Hall–Kier alpha value is -3.37. The minimum atomic E-state index is -1.08. The summed E-state index contributed by atoms with van der Waals surface area (Å²) in [5.74, 6) is -1.53. The van der Waals surface area contributed by atoms with Crippen LogP contribution in [0.4, 0.5) is 0 Å². The van der Waals surface area contributed by atoms with Crippen molar-refractivity contribution in [2.24, 2.45) is 0 Å². The maximum atomic E-state index is 12.6. The lowest BCUT2D eigenvalue weighted by Crippen LogP contribution is -2.42. The van der Waals surface area contributed by atoms with Gasteiger partial charge >= 0.3 is 5.97 Å². The summed E-state index contributed by atoms with van der Waals surface area (Å²) in [4.78, 5) is 24.5. The Kier molecular flexibility index (Phi) is 5.19. The average Bonchev–Trinajstić information content (AvgIpc) is 2.73. The molecule has 0 aliphatic rings. The van der Waals surface area contributed by atoms with Crippen LogP contribution in [-0.4, -0.2) is 23.0 Å². The number of benzene rings is 4. The van der Waals surface area contributed by atoms with Gasteiger partial charge in [0, 0.05) is 17.0 Å². The van der Waals surface area contributed by atoms with Crippen molar-refractivity contribution in [1.29, 1.82) is 0 Å². The predicted molar refractivity (Wildman–Crippen MR) is 116 cm³/mol. The molecule has 4 nitrogen and oxygen atoms in total. The molecular weight excluding hydrogens is 386 g/mol. The molecule has 0 unspecified atom stereocenters. The average molecular weight is 404 g/mol. The van der Waals surface area contributed by atoms with Crippen molar-refractivity contribution in [1.82, 2.24) is 5.32 Å². The van der Waals surface area contributed by atoms with E-state index in [1.54, 1.807) is 24.3 Å². The van der Waals surface area contributed by atoms with E-state index >= 15 is 0 Å². The number of nitrogens with one attached hydrogen (secondary N) is 1. The largest absolute Gasteiger partial charge is 0.480 e. The highest BCUT2D eigenvalue weighted by molar-refractivity contribution is 6.30. The van der Waals surface area contributed by atoms with E-state index in [2.05, 4.69) is 11.4 Å². The van der Waals surface area contributed by atoms with Crippen LogP contribution in [0.1, 0.15) is 15.9 Å². The molecule has 2 N–H and O–H groups in total. The zero-order valence-corrected chi connectivity index (χ0v) is 16.2. The Morgan fingerprint density at radius 1 is 0.862 bits per heavy atom. The lowest BCUT2D eigenvalue weighted by atomic mass is 9.92. The highest BCUT2D eigenvalue weighted by Crippen LogP contribution is 2.29. The summed E-state index contributed by atoms with van der Waals surface area (Å²) in [6, 6.07) is 23.1. The molecule has 0 aliphatic heterocycles. The van der Waals surface area contributed by atoms with Crippen LogP contribution in [0.5, 0.6) is 0 Å². The van der Waals surface area contributed by atoms with E-state index in [1.807, 2.05) is 48.5 Å². The number of rotatable bonds is 5. The minimum absolute atomic E-state index is 0.177. The molecule has 5 heteroatoms. The molecule has 29 heavy (non-hydrogen) atoms. The standard InChI is InChI=1S/C24H18ClNO3/c25-18-11-9-15(10-12-18)23(27)26-22(24(28)29)14-21-19-7-3-1-5-16(19)13-17-6-2-4-8-20(17)21/h1-13,22H,14H2,(H,26,27)(H,28,29)/t22-/m0/s1. The highest BCUT2D eigenvalue weighted by Gasteiger charge is 2.23. The maximum absolute atomic E-state index is 12.6. The van der Waals surface area contributed by atoms with Gasteiger partial charge in [-0.15, -0.1) is 0 Å². The zero-order chi connectivity index (χ0) is 20.4. The molecule has 0 radical (unpaired) electrons.